The van der Waals surface area contributed by atoms with E-state index in [9.17, 15) is 0 Å². The van der Waals surface area contributed by atoms with Gasteiger partial charge < -0.3 is 9.47 Å². The second-order valence-corrected chi connectivity index (χ2v) is 5.80. The van der Waals surface area contributed by atoms with E-state index < -0.39 is 0 Å². The monoisotopic (exact) mass is 284 g/mol. The van der Waals surface area contributed by atoms with Crippen molar-refractivity contribution in [2.75, 3.05) is 18.0 Å². The first-order valence-electron chi connectivity index (χ1n) is 8.17. The molecule has 0 aliphatic carbocycles. The summed E-state index contributed by atoms with van der Waals surface area (Å²) in [4.78, 5) is 2.53. The first-order valence-corrected chi connectivity index (χ1v) is 8.17. The fraction of sp³-hybridized carbons (Fsp3) is 0.474. The summed E-state index contributed by atoms with van der Waals surface area (Å²) in [5, 5.41) is 1.31. The Hall–Kier alpha value is -1.70. The molecule has 1 heterocycles. The molecule has 0 saturated heterocycles. The van der Waals surface area contributed by atoms with Crippen LogP contribution in [0.15, 0.2) is 31.0 Å². The molecule has 0 amide bonds. The van der Waals surface area contributed by atoms with E-state index in [2.05, 4.69) is 61.3 Å². The Morgan fingerprint density at radius 2 is 1.81 bits per heavy atom. The van der Waals surface area contributed by atoms with Crippen LogP contribution >= 0.6 is 0 Å². The van der Waals surface area contributed by atoms with Gasteiger partial charge in [-0.1, -0.05) is 39.3 Å². The Morgan fingerprint density at radius 3 is 2.38 bits per heavy atom. The van der Waals surface area contributed by atoms with Crippen molar-refractivity contribution in [3.63, 3.8) is 0 Å². The molecule has 0 fully saturated rings. The predicted molar refractivity (Wildman–Crippen MR) is 95.0 cm³/mol. The zero-order valence-electron chi connectivity index (χ0n) is 13.7. The van der Waals surface area contributed by atoms with E-state index in [0.717, 1.165) is 13.1 Å². The summed E-state index contributed by atoms with van der Waals surface area (Å²) in [6, 6.07) is 6.83. The van der Waals surface area contributed by atoms with Crippen LogP contribution in [0.5, 0.6) is 0 Å². The highest BCUT2D eigenvalue weighted by Crippen LogP contribution is 2.27. The minimum Gasteiger partial charge on any atom is -0.372 e. The summed E-state index contributed by atoms with van der Waals surface area (Å²) in [5.41, 5.74) is 3.85. The molecule has 0 aliphatic heterocycles. The van der Waals surface area contributed by atoms with Crippen LogP contribution in [0, 0.1) is 0 Å². The lowest BCUT2D eigenvalue weighted by atomic mass is 10.1. The molecule has 0 saturated carbocycles. The zero-order valence-corrected chi connectivity index (χ0v) is 13.7. The molecule has 2 aromatic rings. The number of nitrogens with zero attached hydrogens (tertiary/aromatic N) is 2. The standard InChI is InChI=1S/C19H28N2/c1-5-8-12-21(13-9-6-2)17-10-11-19-18(14-17)16(7-3)15-20(19)4/h7,10-11,14-15H,3,5-6,8-9,12-13H2,1-2,4H3. The van der Waals surface area contributed by atoms with E-state index in [1.54, 1.807) is 0 Å². The van der Waals surface area contributed by atoms with E-state index in [-0.39, 0.29) is 0 Å². The zero-order chi connectivity index (χ0) is 15.2. The molecule has 2 nitrogen and oxygen atoms in total. The van der Waals surface area contributed by atoms with E-state index in [4.69, 9.17) is 0 Å². The van der Waals surface area contributed by atoms with Crippen molar-refractivity contribution in [2.45, 2.75) is 39.5 Å². The summed E-state index contributed by atoms with van der Waals surface area (Å²) in [6.07, 6.45) is 9.11. The smallest absolute Gasteiger partial charge is 0.0485 e. The molecule has 0 unspecified atom stereocenters. The van der Waals surface area contributed by atoms with Crippen molar-refractivity contribution < 1.29 is 0 Å². The van der Waals surface area contributed by atoms with Gasteiger partial charge in [0.05, 0.1) is 0 Å². The van der Waals surface area contributed by atoms with E-state index in [1.807, 2.05) is 6.08 Å². The van der Waals surface area contributed by atoms with E-state index in [0.29, 0.717) is 0 Å². The third kappa shape index (κ3) is 3.49. The molecule has 1 aromatic carbocycles. The van der Waals surface area contributed by atoms with Crippen LogP contribution in [-0.4, -0.2) is 17.7 Å². The van der Waals surface area contributed by atoms with E-state index >= 15 is 0 Å². The van der Waals surface area contributed by atoms with Crippen LogP contribution in [0.25, 0.3) is 17.0 Å². The molecule has 0 N–H and O–H groups in total. The molecule has 1 aromatic heterocycles. The Kier molecular flexibility index (Phi) is 5.49. The van der Waals surface area contributed by atoms with Crippen molar-refractivity contribution in [1.82, 2.24) is 4.57 Å². The number of anilines is 1. The van der Waals surface area contributed by atoms with E-state index in [1.165, 1.54) is 47.8 Å². The summed E-state index contributed by atoms with van der Waals surface area (Å²) < 4.78 is 2.18. The number of benzene rings is 1. The number of unbranched alkanes of at least 4 members (excludes halogenated alkanes) is 2. The molecular formula is C19H28N2. The topological polar surface area (TPSA) is 8.17 Å². The first-order chi connectivity index (χ1) is 10.2. The Balaban J connectivity index is 2.35. The van der Waals surface area contributed by atoms with Crippen LogP contribution in [0.1, 0.15) is 45.1 Å². The SMILES string of the molecule is C=Cc1cn(C)c2ccc(N(CCCC)CCCC)cc12. The first kappa shape index (κ1) is 15.7. The number of fused-ring (bicyclic) bond motifs is 1. The van der Waals surface area contributed by atoms with Crippen molar-refractivity contribution in [2.24, 2.45) is 7.05 Å². The van der Waals surface area contributed by atoms with Crippen LogP contribution in [-0.2, 0) is 7.05 Å². The number of aromatic nitrogens is 1. The van der Waals surface area contributed by atoms with Gasteiger partial charge in [-0.25, -0.2) is 0 Å². The Labute approximate surface area is 129 Å². The van der Waals surface area contributed by atoms with Crippen molar-refractivity contribution in [3.8, 4) is 0 Å². The van der Waals surface area contributed by atoms with Gasteiger partial charge in [0, 0.05) is 42.9 Å². The molecule has 0 atom stereocenters. The maximum atomic E-state index is 3.94. The lowest BCUT2D eigenvalue weighted by molar-refractivity contribution is 0.678. The number of hydrogen-bond acceptors (Lipinski definition) is 1. The van der Waals surface area contributed by atoms with Gasteiger partial charge in [0.25, 0.3) is 0 Å². The molecule has 0 bridgehead atoms. The number of aryl methyl sites for hydroxylation is 1. The predicted octanol–water partition coefficient (Wildman–Crippen LogP) is 5.23. The van der Waals surface area contributed by atoms with Crippen LogP contribution in [0.3, 0.4) is 0 Å². The van der Waals surface area contributed by atoms with Gasteiger partial charge >= 0.3 is 0 Å². The van der Waals surface area contributed by atoms with Gasteiger partial charge in [0.1, 0.15) is 0 Å². The molecule has 2 heteroatoms. The van der Waals surface area contributed by atoms with Gasteiger partial charge in [-0.15, -0.1) is 0 Å². The third-order valence-corrected chi connectivity index (χ3v) is 4.15. The normalized spacial score (nSPS) is 11.0. The summed E-state index contributed by atoms with van der Waals surface area (Å²) >= 11 is 0. The third-order valence-electron chi connectivity index (χ3n) is 4.15. The molecule has 114 valence electrons. The second kappa shape index (κ2) is 7.35. The van der Waals surface area contributed by atoms with Crippen LogP contribution < -0.4 is 4.90 Å². The average molecular weight is 284 g/mol. The second-order valence-electron chi connectivity index (χ2n) is 5.80. The molecular weight excluding hydrogens is 256 g/mol. The van der Waals surface area contributed by atoms with Crippen molar-refractivity contribution >= 4 is 22.7 Å². The summed E-state index contributed by atoms with van der Waals surface area (Å²) in [7, 11) is 2.10. The highest BCUT2D eigenvalue weighted by atomic mass is 15.1. The van der Waals surface area contributed by atoms with Crippen molar-refractivity contribution in [3.05, 3.63) is 36.5 Å². The lowest BCUT2D eigenvalue weighted by Gasteiger charge is -2.25. The van der Waals surface area contributed by atoms with Crippen molar-refractivity contribution in [1.29, 1.82) is 0 Å². The summed E-state index contributed by atoms with van der Waals surface area (Å²) in [6.45, 7) is 10.8. The van der Waals surface area contributed by atoms with Gasteiger partial charge in [-0.05, 0) is 36.6 Å². The number of rotatable bonds is 8. The maximum absolute atomic E-state index is 3.94. The fourth-order valence-electron chi connectivity index (χ4n) is 2.84. The molecule has 2 rings (SSSR count). The Bertz CT molecular complexity index is 587. The molecule has 0 radical (unpaired) electrons. The van der Waals surface area contributed by atoms with Gasteiger partial charge in [-0.2, -0.15) is 0 Å². The average Bonchev–Trinajstić information content (AvgIpc) is 2.83. The molecule has 0 spiro atoms. The highest BCUT2D eigenvalue weighted by Gasteiger charge is 2.09. The van der Waals surface area contributed by atoms with Gasteiger partial charge in [0.15, 0.2) is 0 Å². The molecule has 21 heavy (non-hydrogen) atoms. The van der Waals surface area contributed by atoms with Gasteiger partial charge in [0.2, 0.25) is 0 Å². The fourth-order valence-corrected chi connectivity index (χ4v) is 2.84. The van der Waals surface area contributed by atoms with Crippen LogP contribution in [0.2, 0.25) is 0 Å². The minimum absolute atomic E-state index is 1.15. The molecule has 0 aliphatic rings. The largest absolute Gasteiger partial charge is 0.372 e. The Morgan fingerprint density at radius 1 is 1.14 bits per heavy atom. The quantitative estimate of drug-likeness (QED) is 0.644. The highest BCUT2D eigenvalue weighted by molar-refractivity contribution is 5.91. The van der Waals surface area contributed by atoms with Gasteiger partial charge in [-0.3, -0.25) is 0 Å². The maximum Gasteiger partial charge on any atom is 0.0485 e. The summed E-state index contributed by atoms with van der Waals surface area (Å²) in [5.74, 6) is 0. The minimum atomic E-state index is 1.15. The lowest BCUT2D eigenvalue weighted by Crippen LogP contribution is -2.25. The van der Waals surface area contributed by atoms with Crippen LogP contribution in [0.4, 0.5) is 5.69 Å². The number of hydrogen-bond donors (Lipinski definition) is 0.